The van der Waals surface area contributed by atoms with Crippen LogP contribution in [0, 0.1) is 17.8 Å². The van der Waals surface area contributed by atoms with E-state index < -0.39 is 0 Å². The predicted molar refractivity (Wildman–Crippen MR) is 93.0 cm³/mol. The summed E-state index contributed by atoms with van der Waals surface area (Å²) in [5.74, 6) is 1.59. The lowest BCUT2D eigenvalue weighted by Crippen LogP contribution is -2.45. The Hall–Kier alpha value is -2.04. The minimum Gasteiger partial charge on any atom is -0.495 e. The van der Waals surface area contributed by atoms with E-state index in [2.05, 4.69) is 13.8 Å². The number of ether oxygens (including phenoxy) is 1. The Bertz CT molecular complexity index is 621. The van der Waals surface area contributed by atoms with Crippen molar-refractivity contribution in [3.63, 3.8) is 0 Å². The van der Waals surface area contributed by atoms with Gasteiger partial charge in [-0.25, -0.2) is 0 Å². The van der Waals surface area contributed by atoms with E-state index in [1.165, 1.54) is 6.42 Å². The molecule has 0 radical (unpaired) electrons. The van der Waals surface area contributed by atoms with Gasteiger partial charge in [0.05, 0.1) is 18.7 Å². The number of amides is 2. The monoisotopic (exact) mass is 330 g/mol. The molecule has 2 saturated heterocycles. The van der Waals surface area contributed by atoms with E-state index in [9.17, 15) is 9.59 Å². The first-order valence-electron chi connectivity index (χ1n) is 8.71. The lowest BCUT2D eigenvalue weighted by atomic mass is 9.91. The van der Waals surface area contributed by atoms with E-state index in [0.29, 0.717) is 24.1 Å². The van der Waals surface area contributed by atoms with Crippen LogP contribution in [0.3, 0.4) is 0 Å². The van der Waals surface area contributed by atoms with Crippen molar-refractivity contribution in [3.05, 3.63) is 24.3 Å². The van der Waals surface area contributed by atoms with E-state index in [-0.39, 0.29) is 24.2 Å². The van der Waals surface area contributed by atoms with Crippen LogP contribution in [0.4, 0.5) is 5.69 Å². The molecule has 2 heterocycles. The normalized spacial score (nSPS) is 27.5. The Morgan fingerprint density at radius 1 is 1.12 bits per heavy atom. The number of nitrogens with zero attached hydrogens (tertiary/aromatic N) is 2. The molecular formula is C19H26N2O3. The van der Waals surface area contributed by atoms with Crippen LogP contribution in [-0.4, -0.2) is 43.5 Å². The summed E-state index contributed by atoms with van der Waals surface area (Å²) in [6, 6.07) is 7.47. The SMILES string of the molecule is COc1ccccc1N1CC(C(=O)N2CC(C)CC(C)C2)CC1=O. The zero-order valence-corrected chi connectivity index (χ0v) is 14.7. The van der Waals surface area contributed by atoms with E-state index in [1.807, 2.05) is 29.2 Å². The molecule has 130 valence electrons. The van der Waals surface area contributed by atoms with Crippen LogP contribution in [0.15, 0.2) is 24.3 Å². The largest absolute Gasteiger partial charge is 0.495 e. The molecule has 3 unspecified atom stereocenters. The smallest absolute Gasteiger partial charge is 0.228 e. The predicted octanol–water partition coefficient (Wildman–Crippen LogP) is 2.55. The highest BCUT2D eigenvalue weighted by molar-refractivity contribution is 6.01. The minimum atomic E-state index is -0.250. The van der Waals surface area contributed by atoms with E-state index in [1.54, 1.807) is 12.0 Å². The molecule has 0 aromatic heterocycles. The van der Waals surface area contributed by atoms with Gasteiger partial charge in [0.2, 0.25) is 11.8 Å². The maximum absolute atomic E-state index is 12.9. The third-order valence-corrected chi connectivity index (χ3v) is 5.03. The van der Waals surface area contributed by atoms with Crippen molar-refractivity contribution in [2.75, 3.05) is 31.6 Å². The maximum atomic E-state index is 12.9. The van der Waals surface area contributed by atoms with Crippen molar-refractivity contribution < 1.29 is 14.3 Å². The zero-order valence-electron chi connectivity index (χ0n) is 14.7. The Morgan fingerprint density at radius 3 is 2.46 bits per heavy atom. The van der Waals surface area contributed by atoms with Gasteiger partial charge >= 0.3 is 0 Å². The highest BCUT2D eigenvalue weighted by atomic mass is 16.5. The van der Waals surface area contributed by atoms with Crippen molar-refractivity contribution >= 4 is 17.5 Å². The van der Waals surface area contributed by atoms with Crippen molar-refractivity contribution in [1.29, 1.82) is 0 Å². The van der Waals surface area contributed by atoms with Gasteiger partial charge < -0.3 is 14.5 Å². The van der Waals surface area contributed by atoms with Crippen LogP contribution in [-0.2, 0) is 9.59 Å². The Balaban J connectivity index is 1.73. The molecule has 2 aliphatic heterocycles. The van der Waals surface area contributed by atoms with Crippen LogP contribution in [0.25, 0.3) is 0 Å². The standard InChI is InChI=1S/C19H26N2O3/c1-13-8-14(2)11-20(10-13)19(23)15-9-18(22)21(12-15)16-6-4-5-7-17(16)24-3/h4-7,13-15H,8-12H2,1-3H3. The van der Waals surface area contributed by atoms with E-state index >= 15 is 0 Å². The third kappa shape index (κ3) is 3.25. The lowest BCUT2D eigenvalue weighted by Gasteiger charge is -2.36. The fraction of sp³-hybridized carbons (Fsp3) is 0.579. The number of benzene rings is 1. The van der Waals surface area contributed by atoms with Gasteiger partial charge in [0.1, 0.15) is 5.75 Å². The number of anilines is 1. The molecule has 1 aromatic rings. The molecule has 3 atom stereocenters. The number of piperidine rings is 1. The molecule has 0 N–H and O–H groups in total. The molecule has 0 aliphatic carbocycles. The molecule has 3 rings (SSSR count). The first kappa shape index (κ1) is 16.8. The second kappa shape index (κ2) is 6.83. The Kier molecular flexibility index (Phi) is 4.78. The summed E-state index contributed by atoms with van der Waals surface area (Å²) in [5, 5.41) is 0. The summed E-state index contributed by atoms with van der Waals surface area (Å²) < 4.78 is 5.36. The zero-order chi connectivity index (χ0) is 17.3. The second-order valence-electron chi connectivity index (χ2n) is 7.27. The first-order chi connectivity index (χ1) is 11.5. The van der Waals surface area contributed by atoms with Gasteiger partial charge in [0.15, 0.2) is 0 Å². The number of rotatable bonds is 3. The van der Waals surface area contributed by atoms with E-state index in [4.69, 9.17) is 4.74 Å². The molecule has 5 heteroatoms. The highest BCUT2D eigenvalue weighted by Gasteiger charge is 2.39. The number of para-hydroxylation sites is 2. The quantitative estimate of drug-likeness (QED) is 0.856. The molecule has 2 amide bonds. The molecule has 0 saturated carbocycles. The fourth-order valence-electron chi connectivity index (χ4n) is 4.06. The maximum Gasteiger partial charge on any atom is 0.228 e. The van der Waals surface area contributed by atoms with Crippen LogP contribution < -0.4 is 9.64 Å². The highest BCUT2D eigenvalue weighted by Crippen LogP contribution is 2.34. The fourth-order valence-corrected chi connectivity index (χ4v) is 4.06. The first-order valence-corrected chi connectivity index (χ1v) is 8.71. The van der Waals surface area contributed by atoms with Gasteiger partial charge in [-0.15, -0.1) is 0 Å². The van der Waals surface area contributed by atoms with Gasteiger partial charge in [-0.1, -0.05) is 26.0 Å². The molecule has 0 spiro atoms. The average Bonchev–Trinajstić information content (AvgIpc) is 2.94. The second-order valence-corrected chi connectivity index (χ2v) is 7.27. The molecule has 5 nitrogen and oxygen atoms in total. The van der Waals surface area contributed by atoms with Crippen molar-refractivity contribution in [2.24, 2.45) is 17.8 Å². The Labute approximate surface area is 143 Å². The summed E-state index contributed by atoms with van der Waals surface area (Å²) in [6.07, 6.45) is 1.46. The molecule has 1 aromatic carbocycles. The molecule has 2 aliphatic rings. The van der Waals surface area contributed by atoms with Gasteiger partial charge in [0.25, 0.3) is 0 Å². The van der Waals surface area contributed by atoms with Crippen molar-refractivity contribution in [2.45, 2.75) is 26.7 Å². The van der Waals surface area contributed by atoms with Crippen molar-refractivity contribution in [3.8, 4) is 5.75 Å². The average molecular weight is 330 g/mol. The third-order valence-electron chi connectivity index (χ3n) is 5.03. The van der Waals surface area contributed by atoms with Gasteiger partial charge in [0, 0.05) is 26.1 Å². The number of carbonyl (C=O) groups excluding carboxylic acids is 2. The number of methoxy groups -OCH3 is 1. The molecule has 24 heavy (non-hydrogen) atoms. The van der Waals surface area contributed by atoms with Gasteiger partial charge in [-0.05, 0) is 30.4 Å². The number of hydrogen-bond donors (Lipinski definition) is 0. The molecule has 0 bridgehead atoms. The minimum absolute atomic E-state index is 0.00374. The summed E-state index contributed by atoms with van der Waals surface area (Å²) in [5.41, 5.74) is 0.751. The lowest BCUT2D eigenvalue weighted by molar-refractivity contribution is -0.138. The van der Waals surface area contributed by atoms with Crippen LogP contribution in [0.5, 0.6) is 5.75 Å². The topological polar surface area (TPSA) is 49.9 Å². The summed E-state index contributed by atoms with van der Waals surface area (Å²) in [6.45, 7) is 6.44. The van der Waals surface area contributed by atoms with Crippen LogP contribution in [0.1, 0.15) is 26.7 Å². The Morgan fingerprint density at radius 2 is 1.79 bits per heavy atom. The number of likely N-dealkylation sites (tertiary alicyclic amines) is 1. The van der Waals surface area contributed by atoms with Crippen LogP contribution >= 0.6 is 0 Å². The van der Waals surface area contributed by atoms with E-state index in [0.717, 1.165) is 18.8 Å². The summed E-state index contributed by atoms with van der Waals surface area (Å²) in [7, 11) is 1.60. The van der Waals surface area contributed by atoms with Gasteiger partial charge in [-0.2, -0.15) is 0 Å². The number of hydrogen-bond acceptors (Lipinski definition) is 3. The van der Waals surface area contributed by atoms with Gasteiger partial charge in [-0.3, -0.25) is 9.59 Å². The number of carbonyl (C=O) groups is 2. The summed E-state index contributed by atoms with van der Waals surface area (Å²) in [4.78, 5) is 29.0. The molecule has 2 fully saturated rings. The molecular weight excluding hydrogens is 304 g/mol. The van der Waals surface area contributed by atoms with Crippen molar-refractivity contribution in [1.82, 2.24) is 4.90 Å². The summed E-state index contributed by atoms with van der Waals surface area (Å²) >= 11 is 0. The van der Waals surface area contributed by atoms with Crippen LogP contribution in [0.2, 0.25) is 0 Å².